The molecule has 2 heteroatoms. The summed E-state index contributed by atoms with van der Waals surface area (Å²) in [6, 6.07) is 6.68. The molecule has 1 aliphatic heterocycles. The second kappa shape index (κ2) is 4.91. The maximum absolute atomic E-state index is 12.0. The van der Waals surface area contributed by atoms with E-state index in [0.717, 1.165) is 18.7 Å². The molecule has 20 heavy (non-hydrogen) atoms. The molecule has 0 aromatic heterocycles. The monoisotopic (exact) mass is 273 g/mol. The summed E-state index contributed by atoms with van der Waals surface area (Å²) in [5.74, 6) is 0.260. The standard InChI is InChI=1S/C18H27NO/c1-17(2,3)13-10-14(18(4,5)6)12-15(11-13)19-9-7-8-16(19)20/h10-12H,7-9H2,1-6H3. The van der Waals surface area contributed by atoms with Crippen molar-refractivity contribution >= 4 is 11.6 Å². The van der Waals surface area contributed by atoms with E-state index in [0.29, 0.717) is 6.42 Å². The average molecular weight is 273 g/mol. The first kappa shape index (κ1) is 15.1. The van der Waals surface area contributed by atoms with Gasteiger partial charge >= 0.3 is 0 Å². The van der Waals surface area contributed by atoms with E-state index in [1.807, 2.05) is 4.90 Å². The Bertz CT molecular complexity index is 485. The summed E-state index contributed by atoms with van der Waals surface area (Å²) in [7, 11) is 0. The number of rotatable bonds is 1. The van der Waals surface area contributed by atoms with Crippen LogP contribution in [-0.4, -0.2) is 12.5 Å². The van der Waals surface area contributed by atoms with E-state index in [2.05, 4.69) is 59.7 Å². The average Bonchev–Trinajstić information content (AvgIpc) is 2.72. The van der Waals surface area contributed by atoms with Gasteiger partial charge in [-0.1, -0.05) is 47.6 Å². The van der Waals surface area contributed by atoms with Crippen LogP contribution in [0.3, 0.4) is 0 Å². The number of carbonyl (C=O) groups is 1. The van der Waals surface area contributed by atoms with Crippen molar-refractivity contribution in [2.24, 2.45) is 0 Å². The van der Waals surface area contributed by atoms with E-state index in [1.54, 1.807) is 0 Å². The van der Waals surface area contributed by atoms with Gasteiger partial charge in [-0.3, -0.25) is 4.79 Å². The van der Waals surface area contributed by atoms with Crippen LogP contribution in [0.2, 0.25) is 0 Å². The maximum atomic E-state index is 12.0. The summed E-state index contributed by atoms with van der Waals surface area (Å²) in [4.78, 5) is 14.0. The molecular formula is C18H27NO. The molecule has 2 nitrogen and oxygen atoms in total. The first-order chi connectivity index (χ1) is 9.09. The third-order valence-electron chi connectivity index (χ3n) is 4.03. The molecule has 2 rings (SSSR count). The van der Waals surface area contributed by atoms with E-state index in [1.165, 1.54) is 11.1 Å². The highest BCUT2D eigenvalue weighted by Gasteiger charge is 2.26. The molecule has 0 aliphatic carbocycles. The molecule has 1 heterocycles. The van der Waals surface area contributed by atoms with Gasteiger partial charge in [0.25, 0.3) is 0 Å². The van der Waals surface area contributed by atoms with E-state index in [9.17, 15) is 4.79 Å². The second-order valence-electron chi connectivity index (χ2n) is 7.92. The summed E-state index contributed by atoms with van der Waals surface area (Å²) in [5.41, 5.74) is 3.88. The summed E-state index contributed by atoms with van der Waals surface area (Å²) < 4.78 is 0. The van der Waals surface area contributed by atoms with Crippen molar-refractivity contribution in [3.63, 3.8) is 0 Å². The van der Waals surface area contributed by atoms with Gasteiger partial charge in [-0.25, -0.2) is 0 Å². The minimum absolute atomic E-state index is 0.0960. The molecule has 1 aromatic rings. The minimum Gasteiger partial charge on any atom is -0.312 e. The third-order valence-corrected chi connectivity index (χ3v) is 4.03. The van der Waals surface area contributed by atoms with Crippen molar-refractivity contribution in [2.75, 3.05) is 11.4 Å². The molecule has 0 unspecified atom stereocenters. The van der Waals surface area contributed by atoms with E-state index >= 15 is 0 Å². The smallest absolute Gasteiger partial charge is 0.227 e. The fourth-order valence-corrected chi connectivity index (χ4v) is 2.55. The van der Waals surface area contributed by atoms with Crippen LogP contribution >= 0.6 is 0 Å². The Balaban J connectivity index is 2.54. The molecule has 1 saturated heterocycles. The number of hydrogen-bond donors (Lipinski definition) is 0. The largest absolute Gasteiger partial charge is 0.312 e. The Morgan fingerprint density at radius 3 is 1.75 bits per heavy atom. The Morgan fingerprint density at radius 1 is 0.900 bits per heavy atom. The van der Waals surface area contributed by atoms with Crippen molar-refractivity contribution < 1.29 is 4.79 Å². The van der Waals surface area contributed by atoms with Crippen LogP contribution < -0.4 is 4.90 Å². The van der Waals surface area contributed by atoms with Crippen molar-refractivity contribution in [1.82, 2.24) is 0 Å². The van der Waals surface area contributed by atoms with Crippen molar-refractivity contribution in [2.45, 2.75) is 65.2 Å². The van der Waals surface area contributed by atoms with Gasteiger partial charge in [0.15, 0.2) is 0 Å². The number of anilines is 1. The van der Waals surface area contributed by atoms with Crippen LogP contribution in [0.5, 0.6) is 0 Å². The highest BCUT2D eigenvalue weighted by molar-refractivity contribution is 5.95. The number of amides is 1. The van der Waals surface area contributed by atoms with Crippen LogP contribution in [0.4, 0.5) is 5.69 Å². The summed E-state index contributed by atoms with van der Waals surface area (Å²) >= 11 is 0. The molecule has 1 fully saturated rings. The molecule has 1 amide bonds. The zero-order valence-corrected chi connectivity index (χ0v) is 13.7. The van der Waals surface area contributed by atoms with Gasteiger partial charge in [-0.05, 0) is 40.5 Å². The van der Waals surface area contributed by atoms with Crippen LogP contribution in [0.25, 0.3) is 0 Å². The lowest BCUT2D eigenvalue weighted by Crippen LogP contribution is -2.25. The fourth-order valence-electron chi connectivity index (χ4n) is 2.55. The molecule has 0 bridgehead atoms. The number of benzene rings is 1. The quantitative estimate of drug-likeness (QED) is 0.742. The van der Waals surface area contributed by atoms with Gasteiger partial charge in [0.2, 0.25) is 5.91 Å². The zero-order chi connectivity index (χ0) is 15.1. The van der Waals surface area contributed by atoms with Gasteiger partial charge in [-0.2, -0.15) is 0 Å². The lowest BCUT2D eigenvalue weighted by molar-refractivity contribution is -0.117. The van der Waals surface area contributed by atoms with Crippen LogP contribution in [0.1, 0.15) is 65.5 Å². The summed E-state index contributed by atoms with van der Waals surface area (Å²) in [6.45, 7) is 14.2. The van der Waals surface area contributed by atoms with Gasteiger partial charge in [0.05, 0.1) is 0 Å². The molecule has 1 aromatic carbocycles. The molecule has 0 saturated carbocycles. The molecule has 0 radical (unpaired) electrons. The van der Waals surface area contributed by atoms with Gasteiger partial charge in [0, 0.05) is 18.7 Å². The Kier molecular flexibility index (Phi) is 3.70. The maximum Gasteiger partial charge on any atom is 0.227 e. The van der Waals surface area contributed by atoms with Crippen LogP contribution in [0.15, 0.2) is 18.2 Å². The topological polar surface area (TPSA) is 20.3 Å². The molecule has 0 atom stereocenters. The molecule has 0 N–H and O–H groups in total. The first-order valence-corrected chi connectivity index (χ1v) is 7.55. The normalized spacial score (nSPS) is 16.9. The van der Waals surface area contributed by atoms with Crippen LogP contribution in [0, 0.1) is 0 Å². The Labute approximate surface area is 123 Å². The zero-order valence-electron chi connectivity index (χ0n) is 13.7. The lowest BCUT2D eigenvalue weighted by Gasteiger charge is -2.28. The van der Waals surface area contributed by atoms with E-state index in [4.69, 9.17) is 0 Å². The molecule has 0 spiro atoms. The molecular weight excluding hydrogens is 246 g/mol. The van der Waals surface area contributed by atoms with Gasteiger partial charge in [0.1, 0.15) is 0 Å². The molecule has 110 valence electrons. The highest BCUT2D eigenvalue weighted by Crippen LogP contribution is 2.34. The van der Waals surface area contributed by atoms with Gasteiger partial charge < -0.3 is 4.90 Å². The minimum atomic E-state index is 0.0960. The van der Waals surface area contributed by atoms with Crippen molar-refractivity contribution in [3.8, 4) is 0 Å². The molecule has 1 aliphatic rings. The number of nitrogens with zero attached hydrogens (tertiary/aromatic N) is 1. The Morgan fingerprint density at radius 2 is 1.40 bits per heavy atom. The predicted octanol–water partition coefficient (Wildman–Crippen LogP) is 4.41. The van der Waals surface area contributed by atoms with Gasteiger partial charge in [-0.15, -0.1) is 0 Å². The van der Waals surface area contributed by atoms with Crippen LogP contribution in [-0.2, 0) is 15.6 Å². The number of carbonyl (C=O) groups excluding carboxylic acids is 1. The van der Waals surface area contributed by atoms with E-state index < -0.39 is 0 Å². The number of hydrogen-bond acceptors (Lipinski definition) is 1. The SMILES string of the molecule is CC(C)(C)c1cc(N2CCCC2=O)cc(C(C)(C)C)c1. The summed E-state index contributed by atoms with van der Waals surface area (Å²) in [6.07, 6.45) is 1.66. The first-order valence-electron chi connectivity index (χ1n) is 7.55. The Hall–Kier alpha value is -1.31. The summed E-state index contributed by atoms with van der Waals surface area (Å²) in [5, 5.41) is 0. The fraction of sp³-hybridized carbons (Fsp3) is 0.611. The highest BCUT2D eigenvalue weighted by atomic mass is 16.2. The van der Waals surface area contributed by atoms with E-state index in [-0.39, 0.29) is 16.7 Å². The lowest BCUT2D eigenvalue weighted by atomic mass is 9.80. The van der Waals surface area contributed by atoms with Crippen molar-refractivity contribution in [1.29, 1.82) is 0 Å². The third kappa shape index (κ3) is 3.05. The predicted molar refractivity (Wildman–Crippen MR) is 85.4 cm³/mol. The van der Waals surface area contributed by atoms with Crippen molar-refractivity contribution in [3.05, 3.63) is 29.3 Å². The second-order valence-corrected chi connectivity index (χ2v) is 7.92.